The van der Waals surface area contributed by atoms with Crippen molar-refractivity contribution in [3.05, 3.63) is 48.0 Å². The zero-order valence-corrected chi connectivity index (χ0v) is 14.9. The molecule has 3 N–H and O–H groups in total. The Morgan fingerprint density at radius 2 is 1.84 bits per heavy atom. The van der Waals surface area contributed by atoms with Gasteiger partial charge in [0.2, 0.25) is 0 Å². The summed E-state index contributed by atoms with van der Waals surface area (Å²) in [4.78, 5) is 2.36. The number of aliphatic hydroxyl groups excluding tert-OH is 3. The maximum atomic E-state index is 10.4. The predicted octanol–water partition coefficient (Wildman–Crippen LogP) is 2.37. The average molecular weight is 345 g/mol. The zero-order valence-electron chi connectivity index (χ0n) is 14.9. The van der Waals surface area contributed by atoms with E-state index in [9.17, 15) is 15.3 Å². The molecule has 2 aliphatic rings. The highest BCUT2D eigenvalue weighted by molar-refractivity contribution is 5.20. The molecule has 4 nitrogen and oxygen atoms in total. The van der Waals surface area contributed by atoms with Crippen LogP contribution in [0.5, 0.6) is 0 Å². The molecule has 0 unspecified atom stereocenters. The Morgan fingerprint density at radius 1 is 1.08 bits per heavy atom. The van der Waals surface area contributed by atoms with Gasteiger partial charge in [-0.05, 0) is 43.1 Å². The maximum Gasteiger partial charge on any atom is 0.0628 e. The number of hydrogen-bond acceptors (Lipinski definition) is 4. The van der Waals surface area contributed by atoms with Gasteiger partial charge in [-0.1, -0.05) is 42.5 Å². The summed E-state index contributed by atoms with van der Waals surface area (Å²) in [7, 11) is 0. The summed E-state index contributed by atoms with van der Waals surface area (Å²) in [5.74, 6) is 0.961. The van der Waals surface area contributed by atoms with Crippen LogP contribution in [0.4, 0.5) is 0 Å². The topological polar surface area (TPSA) is 63.9 Å². The molecule has 0 radical (unpaired) electrons. The van der Waals surface area contributed by atoms with Crippen molar-refractivity contribution < 1.29 is 15.3 Å². The molecule has 1 fully saturated rings. The van der Waals surface area contributed by atoms with E-state index >= 15 is 0 Å². The second kappa shape index (κ2) is 8.45. The number of rotatable bonds is 7. The minimum absolute atomic E-state index is 0.0342. The van der Waals surface area contributed by atoms with Gasteiger partial charge < -0.3 is 15.3 Å². The third-order valence-corrected chi connectivity index (χ3v) is 6.28. The van der Waals surface area contributed by atoms with E-state index in [1.54, 1.807) is 0 Å². The number of allylic oxidation sites excluding steroid dienone is 2. The normalized spacial score (nSPS) is 30.8. The van der Waals surface area contributed by atoms with Crippen molar-refractivity contribution in [3.63, 3.8) is 0 Å². The van der Waals surface area contributed by atoms with Gasteiger partial charge in [0.25, 0.3) is 0 Å². The molecule has 1 aliphatic heterocycles. The summed E-state index contributed by atoms with van der Waals surface area (Å²) < 4.78 is 0. The number of benzene rings is 1. The molecule has 0 amide bonds. The largest absolute Gasteiger partial charge is 0.396 e. The quantitative estimate of drug-likeness (QED) is 0.664. The highest BCUT2D eigenvalue weighted by atomic mass is 16.3. The summed E-state index contributed by atoms with van der Waals surface area (Å²) in [5, 5.41) is 29.8. The van der Waals surface area contributed by atoms with Crippen LogP contribution in [0.2, 0.25) is 0 Å². The highest BCUT2D eigenvalue weighted by Gasteiger charge is 2.48. The molecule has 1 heterocycles. The summed E-state index contributed by atoms with van der Waals surface area (Å²) in [6.45, 7) is 2.12. The van der Waals surface area contributed by atoms with Crippen LogP contribution in [0.1, 0.15) is 37.3 Å². The average Bonchev–Trinajstić information content (AvgIpc) is 2.67. The molecule has 0 saturated carbocycles. The first-order valence-electron chi connectivity index (χ1n) is 9.50. The fraction of sp³-hybridized carbons (Fsp3) is 0.619. The van der Waals surface area contributed by atoms with Crippen LogP contribution in [0.3, 0.4) is 0 Å². The Labute approximate surface area is 150 Å². The molecule has 0 bridgehead atoms. The van der Waals surface area contributed by atoms with Crippen LogP contribution in [0.15, 0.2) is 42.5 Å². The molecule has 3 rings (SSSR count). The van der Waals surface area contributed by atoms with Gasteiger partial charge in [-0.15, -0.1) is 0 Å². The zero-order chi connectivity index (χ0) is 17.7. The van der Waals surface area contributed by atoms with Crippen molar-refractivity contribution in [1.29, 1.82) is 0 Å². The molecule has 1 aromatic rings. The van der Waals surface area contributed by atoms with E-state index in [1.165, 1.54) is 0 Å². The van der Waals surface area contributed by atoms with Crippen molar-refractivity contribution in [2.75, 3.05) is 32.9 Å². The fourth-order valence-corrected chi connectivity index (χ4v) is 5.00. The number of nitrogens with zero attached hydrogens (tertiary/aromatic N) is 1. The van der Waals surface area contributed by atoms with Crippen LogP contribution in [-0.4, -0.2) is 53.1 Å². The number of fused-ring (bicyclic) bond motifs is 1. The first kappa shape index (κ1) is 18.6. The Morgan fingerprint density at radius 3 is 2.52 bits per heavy atom. The van der Waals surface area contributed by atoms with Gasteiger partial charge in [0, 0.05) is 25.1 Å². The van der Waals surface area contributed by atoms with Gasteiger partial charge >= 0.3 is 0 Å². The van der Waals surface area contributed by atoms with Gasteiger partial charge in [0.15, 0.2) is 0 Å². The van der Waals surface area contributed by atoms with E-state index in [0.717, 1.165) is 44.3 Å². The van der Waals surface area contributed by atoms with E-state index in [2.05, 4.69) is 29.2 Å². The molecule has 1 aliphatic carbocycles. The van der Waals surface area contributed by atoms with Gasteiger partial charge in [0.05, 0.1) is 19.3 Å². The molecule has 1 aromatic carbocycles. The predicted molar refractivity (Wildman–Crippen MR) is 99.0 cm³/mol. The van der Waals surface area contributed by atoms with E-state index in [1.807, 2.05) is 18.2 Å². The van der Waals surface area contributed by atoms with Crippen molar-refractivity contribution in [2.24, 2.45) is 17.3 Å². The van der Waals surface area contributed by atoms with Crippen molar-refractivity contribution in [2.45, 2.75) is 31.7 Å². The summed E-state index contributed by atoms with van der Waals surface area (Å²) in [6, 6.07) is 10.1. The lowest BCUT2D eigenvalue weighted by molar-refractivity contribution is -0.0818. The Kier molecular flexibility index (Phi) is 6.29. The molecule has 4 heteroatoms. The van der Waals surface area contributed by atoms with E-state index in [4.69, 9.17) is 0 Å². The lowest BCUT2D eigenvalue weighted by Gasteiger charge is -2.54. The number of aliphatic hydroxyl groups is 3. The van der Waals surface area contributed by atoms with Crippen LogP contribution in [-0.2, 0) is 0 Å². The molecular formula is C21H31NO3. The third-order valence-electron chi connectivity index (χ3n) is 6.28. The maximum absolute atomic E-state index is 10.4. The highest BCUT2D eigenvalue weighted by Crippen LogP contribution is 2.48. The molecule has 0 aromatic heterocycles. The molecule has 4 atom stereocenters. The van der Waals surface area contributed by atoms with E-state index < -0.39 is 0 Å². The summed E-state index contributed by atoms with van der Waals surface area (Å²) in [6.07, 6.45) is 8.11. The molecular weight excluding hydrogens is 314 g/mol. The smallest absolute Gasteiger partial charge is 0.0628 e. The van der Waals surface area contributed by atoms with Crippen molar-refractivity contribution in [1.82, 2.24) is 4.90 Å². The standard InChI is InChI=1S/C21H31NO3/c23-12-6-11-21(16-25)15-22(13-18-9-4-5-10-19(18)21)20(14-24)17-7-2-1-3-8-17/h1-5,7-8,18-20,23-25H,6,9-16H2/t18-,19-,20+,21-/m1/s1. The summed E-state index contributed by atoms with van der Waals surface area (Å²) in [5.41, 5.74) is 0.933. The van der Waals surface area contributed by atoms with E-state index in [-0.39, 0.29) is 31.3 Å². The van der Waals surface area contributed by atoms with E-state index in [0.29, 0.717) is 11.8 Å². The van der Waals surface area contributed by atoms with Gasteiger partial charge in [-0.3, -0.25) is 4.90 Å². The second-order valence-corrected chi connectivity index (χ2v) is 7.70. The van der Waals surface area contributed by atoms with Crippen LogP contribution in [0.25, 0.3) is 0 Å². The van der Waals surface area contributed by atoms with Crippen molar-refractivity contribution >= 4 is 0 Å². The lowest BCUT2D eigenvalue weighted by atomic mass is 9.60. The molecule has 0 spiro atoms. The Bertz CT molecular complexity index is 562. The minimum Gasteiger partial charge on any atom is -0.396 e. The Balaban J connectivity index is 1.89. The number of piperidine rings is 1. The second-order valence-electron chi connectivity index (χ2n) is 7.70. The number of hydrogen-bond donors (Lipinski definition) is 3. The molecule has 1 saturated heterocycles. The fourth-order valence-electron chi connectivity index (χ4n) is 5.00. The lowest BCUT2D eigenvalue weighted by Crippen LogP contribution is -2.56. The van der Waals surface area contributed by atoms with Gasteiger partial charge in [-0.2, -0.15) is 0 Å². The number of likely N-dealkylation sites (tertiary alicyclic amines) is 1. The first-order valence-corrected chi connectivity index (χ1v) is 9.50. The van der Waals surface area contributed by atoms with Crippen LogP contribution >= 0.6 is 0 Å². The Hall–Kier alpha value is -1.20. The minimum atomic E-state index is -0.196. The molecule has 138 valence electrons. The van der Waals surface area contributed by atoms with Gasteiger partial charge in [-0.25, -0.2) is 0 Å². The monoisotopic (exact) mass is 345 g/mol. The third kappa shape index (κ3) is 3.82. The SMILES string of the molecule is OCCC[C@]1(CO)CN([C@@H](CO)c2ccccc2)C[C@H]2CC=CC[C@H]21. The summed E-state index contributed by atoms with van der Waals surface area (Å²) >= 11 is 0. The van der Waals surface area contributed by atoms with Gasteiger partial charge in [0.1, 0.15) is 0 Å². The van der Waals surface area contributed by atoms with Crippen molar-refractivity contribution in [3.8, 4) is 0 Å². The van der Waals surface area contributed by atoms with Crippen LogP contribution in [0, 0.1) is 17.3 Å². The first-order chi connectivity index (χ1) is 12.2. The van der Waals surface area contributed by atoms with Crippen LogP contribution < -0.4 is 0 Å². The molecule has 25 heavy (non-hydrogen) atoms.